The number of phosphoric acid groups is 1. The summed E-state index contributed by atoms with van der Waals surface area (Å²) in [6.45, 7) is 0. The molecule has 0 radical (unpaired) electrons. The summed E-state index contributed by atoms with van der Waals surface area (Å²) in [5, 5.41) is 0. The second-order valence-electron chi connectivity index (χ2n) is 0.447. The van der Waals surface area contributed by atoms with Crippen LogP contribution in [-0.2, 0) is 4.57 Å². The predicted octanol–water partition coefficient (Wildman–Crippen LogP) is -3.76. The summed E-state index contributed by atoms with van der Waals surface area (Å²) in [5.41, 5.74) is 0. The zero-order valence-electron chi connectivity index (χ0n) is 3.94. The molecule has 5 nitrogen and oxygen atoms in total. The molecule has 0 aliphatic rings. The van der Waals surface area contributed by atoms with Gasteiger partial charge in [-0.25, -0.2) is 0 Å². The average Bonchev–Trinajstić information content (AvgIpc) is 0.722. The summed E-state index contributed by atoms with van der Waals surface area (Å²) < 4.78 is 8.55. The molecule has 0 rings (SSSR count). The van der Waals surface area contributed by atoms with Crippen molar-refractivity contribution in [3.05, 3.63) is 0 Å². The maximum atomic E-state index is 8.55. The summed E-state index contributed by atoms with van der Waals surface area (Å²) in [4.78, 5) is 25.6. The van der Waals surface area contributed by atoms with Gasteiger partial charge in [-0.2, -0.15) is 7.82 Å². The van der Waals surface area contributed by atoms with Crippen molar-refractivity contribution < 1.29 is 24.7 Å². The number of hydrogen-bond acceptors (Lipinski definition) is 5. The largest absolute Gasteiger partial charge is 2.00 e. The van der Waals surface area contributed by atoms with Gasteiger partial charge in [0.05, 0.1) is 0 Å². The monoisotopic (exact) mass is 176 g/mol. The summed E-state index contributed by atoms with van der Waals surface area (Å²) in [7, 11) is -5.39. The van der Waals surface area contributed by atoms with E-state index in [1.54, 1.807) is 0 Å². The average molecular weight is 176 g/mol. The van der Waals surface area contributed by atoms with Gasteiger partial charge < -0.3 is 24.7 Å². The van der Waals surface area contributed by atoms with E-state index >= 15 is 0 Å². The minimum atomic E-state index is -5.39. The van der Waals surface area contributed by atoms with Crippen LogP contribution in [0.15, 0.2) is 0 Å². The minimum absolute atomic E-state index is 0. The summed E-state index contributed by atoms with van der Waals surface area (Å²) >= 11 is 0. The van der Waals surface area contributed by atoms with Gasteiger partial charge >= 0.3 is 60.8 Å². The first kappa shape index (κ1) is 22.5. The van der Waals surface area contributed by atoms with E-state index < -0.39 is 7.82 Å². The van der Waals surface area contributed by atoms with Crippen LogP contribution in [0.4, 0.5) is 0 Å². The van der Waals surface area contributed by atoms with E-state index in [0.717, 1.165) is 0 Å². The molecule has 0 spiro atoms. The molecule has 0 saturated heterocycles. The Bertz CT molecular complexity index is 58.6. The predicted molar refractivity (Wildman–Crippen MR) is 21.1 cm³/mol. The molecule has 0 atom stereocenters. The topological polar surface area (TPSA) is 116 Å². The van der Waals surface area contributed by atoms with Crippen molar-refractivity contribution in [3.8, 4) is 0 Å². The van der Waals surface area contributed by atoms with E-state index in [1.165, 1.54) is 0 Å². The van der Waals surface area contributed by atoms with Gasteiger partial charge in [0.25, 0.3) is 0 Å². The van der Waals surface area contributed by atoms with Crippen LogP contribution in [0.3, 0.4) is 0 Å². The molecule has 0 bridgehead atoms. The van der Waals surface area contributed by atoms with Crippen LogP contribution in [0.5, 0.6) is 0 Å². The first-order chi connectivity index (χ1) is 2.00. The van der Waals surface area contributed by atoms with E-state index in [-0.39, 0.29) is 66.3 Å². The molecule has 0 unspecified atom stereocenters. The Balaban J connectivity index is -0.0000000267. The third-order valence-electron chi connectivity index (χ3n) is 0. The van der Waals surface area contributed by atoms with Gasteiger partial charge in [0.15, 0.2) is 0 Å². The number of rotatable bonds is 0. The SMILES string of the molecule is O=P([O-])([O-])[O-].[Ca+2].[Mg+2].[OH-]. The van der Waals surface area contributed by atoms with Gasteiger partial charge in [-0.3, -0.25) is 0 Å². The first-order valence-electron chi connectivity index (χ1n) is 0.730. The van der Waals surface area contributed by atoms with Crippen LogP contribution < -0.4 is 14.7 Å². The van der Waals surface area contributed by atoms with Crippen molar-refractivity contribution in [2.45, 2.75) is 0 Å². The molecule has 1 N–H and O–H groups in total. The third kappa shape index (κ3) is 92.8. The van der Waals surface area contributed by atoms with Crippen molar-refractivity contribution in [1.82, 2.24) is 0 Å². The normalized spacial score (nSPS) is 7.38. The van der Waals surface area contributed by atoms with Crippen LogP contribution in [0, 0.1) is 0 Å². The van der Waals surface area contributed by atoms with E-state index in [9.17, 15) is 0 Å². The molecule has 0 saturated carbocycles. The quantitative estimate of drug-likeness (QED) is 0.277. The summed E-state index contributed by atoms with van der Waals surface area (Å²) in [6, 6.07) is 0. The Hall–Kier alpha value is 2.10. The van der Waals surface area contributed by atoms with Crippen molar-refractivity contribution in [2.75, 3.05) is 0 Å². The second kappa shape index (κ2) is 9.10. The van der Waals surface area contributed by atoms with E-state index in [2.05, 4.69) is 0 Å². The zero-order valence-corrected chi connectivity index (χ0v) is 8.46. The van der Waals surface area contributed by atoms with Crippen LogP contribution in [0.2, 0.25) is 0 Å². The Labute approximate surface area is 92.2 Å². The molecular formula is HCaMgO5P. The van der Waals surface area contributed by atoms with Gasteiger partial charge in [-0.1, -0.05) is 0 Å². The molecule has 40 valence electrons. The van der Waals surface area contributed by atoms with Crippen LogP contribution in [0.25, 0.3) is 0 Å². The molecule has 0 aliphatic carbocycles. The van der Waals surface area contributed by atoms with Crippen LogP contribution in [-0.4, -0.2) is 66.3 Å². The fraction of sp³-hybridized carbons (Fsp3) is 0. The van der Waals surface area contributed by atoms with Crippen molar-refractivity contribution in [1.29, 1.82) is 0 Å². The maximum Gasteiger partial charge on any atom is 2.00 e. The van der Waals surface area contributed by atoms with E-state index in [4.69, 9.17) is 19.2 Å². The van der Waals surface area contributed by atoms with Gasteiger partial charge in [-0.15, -0.1) is 0 Å². The third-order valence-corrected chi connectivity index (χ3v) is 0. The minimum Gasteiger partial charge on any atom is -0.870 e. The Kier molecular flexibility index (Phi) is 25.6. The van der Waals surface area contributed by atoms with E-state index in [1.807, 2.05) is 0 Å². The molecule has 0 aromatic rings. The van der Waals surface area contributed by atoms with Crippen molar-refractivity contribution in [3.63, 3.8) is 0 Å². The first-order valence-corrected chi connectivity index (χ1v) is 2.19. The fourth-order valence-corrected chi connectivity index (χ4v) is 0. The molecule has 0 aromatic heterocycles. The fourth-order valence-electron chi connectivity index (χ4n) is 0. The van der Waals surface area contributed by atoms with E-state index in [0.29, 0.717) is 0 Å². The van der Waals surface area contributed by atoms with Crippen molar-refractivity contribution in [2.24, 2.45) is 0 Å². The number of hydrogen-bond donors (Lipinski definition) is 0. The molecular weight excluding hydrogens is 175 g/mol. The zero-order chi connectivity index (χ0) is 4.50. The van der Waals surface area contributed by atoms with Gasteiger partial charge in [0.1, 0.15) is 0 Å². The Morgan fingerprint density at radius 2 is 1.12 bits per heavy atom. The molecule has 0 heterocycles. The Morgan fingerprint density at radius 3 is 1.12 bits per heavy atom. The standard InChI is InChI=1S/Ca.Mg.H3O4P.H2O/c;;1-5(2,3)4;/h;;(H3,1,2,3,4);1H2/q2*+2;;/p-4. The van der Waals surface area contributed by atoms with Gasteiger partial charge in [-0.05, 0) is 0 Å². The molecule has 8 heavy (non-hydrogen) atoms. The van der Waals surface area contributed by atoms with Crippen molar-refractivity contribution >= 4 is 68.6 Å². The molecule has 0 aromatic carbocycles. The van der Waals surface area contributed by atoms with Gasteiger partial charge in [0, 0.05) is 0 Å². The van der Waals surface area contributed by atoms with Crippen LogP contribution in [0.1, 0.15) is 0 Å². The molecule has 0 amide bonds. The Morgan fingerprint density at radius 1 is 1.12 bits per heavy atom. The molecule has 0 fully saturated rings. The molecule has 8 heteroatoms. The summed E-state index contributed by atoms with van der Waals surface area (Å²) in [5.74, 6) is 0. The maximum absolute atomic E-state index is 8.55. The van der Waals surface area contributed by atoms with Gasteiger partial charge in [0.2, 0.25) is 0 Å². The summed E-state index contributed by atoms with van der Waals surface area (Å²) in [6.07, 6.45) is 0. The van der Waals surface area contributed by atoms with Crippen LogP contribution >= 0.6 is 7.82 Å². The smallest absolute Gasteiger partial charge is 0.870 e. The second-order valence-corrected chi connectivity index (χ2v) is 1.34. The molecule has 0 aliphatic heterocycles.